The molecule has 0 aliphatic heterocycles. The number of ether oxygens (including phenoxy) is 1. The standard InChI is InChI=1S/C16H10Cl3N3O2/c1-24-16(23)14-20-15(9-2-4-10(17)5-3-9)22(21-14)13-7-6-11(18)8-12(13)19/h2-8H,1H3. The third kappa shape index (κ3) is 3.24. The van der Waals surface area contributed by atoms with Crippen LogP contribution in [0.4, 0.5) is 0 Å². The summed E-state index contributed by atoms with van der Waals surface area (Å²) in [5, 5.41) is 5.66. The number of esters is 1. The van der Waals surface area contributed by atoms with Gasteiger partial charge in [-0.1, -0.05) is 34.8 Å². The second-order valence-electron chi connectivity index (χ2n) is 4.77. The van der Waals surface area contributed by atoms with Gasteiger partial charge in [0, 0.05) is 15.6 Å². The predicted octanol–water partition coefficient (Wildman–Crippen LogP) is 4.68. The highest BCUT2D eigenvalue weighted by Crippen LogP contribution is 2.28. The minimum absolute atomic E-state index is 0.0755. The van der Waals surface area contributed by atoms with E-state index in [0.717, 1.165) is 0 Å². The Morgan fingerprint density at radius 2 is 1.71 bits per heavy atom. The fraction of sp³-hybridized carbons (Fsp3) is 0.0625. The van der Waals surface area contributed by atoms with E-state index < -0.39 is 5.97 Å². The maximum Gasteiger partial charge on any atom is 0.377 e. The molecule has 0 saturated carbocycles. The number of hydrogen-bond donors (Lipinski definition) is 0. The van der Waals surface area contributed by atoms with Gasteiger partial charge in [-0.2, -0.15) is 0 Å². The highest BCUT2D eigenvalue weighted by Gasteiger charge is 2.20. The van der Waals surface area contributed by atoms with Crippen LogP contribution in [0, 0.1) is 0 Å². The van der Waals surface area contributed by atoms with Crippen LogP contribution in [0.5, 0.6) is 0 Å². The van der Waals surface area contributed by atoms with Gasteiger partial charge in [0.15, 0.2) is 5.82 Å². The van der Waals surface area contributed by atoms with Crippen LogP contribution >= 0.6 is 34.8 Å². The normalized spacial score (nSPS) is 10.7. The van der Waals surface area contributed by atoms with Crippen molar-refractivity contribution in [1.29, 1.82) is 0 Å². The lowest BCUT2D eigenvalue weighted by Gasteiger charge is -2.08. The van der Waals surface area contributed by atoms with Gasteiger partial charge < -0.3 is 4.74 Å². The summed E-state index contributed by atoms with van der Waals surface area (Å²) in [6.07, 6.45) is 0. The topological polar surface area (TPSA) is 57.0 Å². The summed E-state index contributed by atoms with van der Waals surface area (Å²) >= 11 is 18.1. The summed E-state index contributed by atoms with van der Waals surface area (Å²) in [7, 11) is 1.26. The van der Waals surface area contributed by atoms with Crippen LogP contribution in [-0.2, 0) is 4.74 Å². The molecule has 1 heterocycles. The van der Waals surface area contributed by atoms with Crippen molar-refractivity contribution in [2.24, 2.45) is 0 Å². The van der Waals surface area contributed by atoms with Crippen LogP contribution in [0.25, 0.3) is 17.1 Å². The van der Waals surface area contributed by atoms with E-state index in [0.29, 0.717) is 32.1 Å². The lowest BCUT2D eigenvalue weighted by atomic mass is 10.2. The number of methoxy groups -OCH3 is 1. The van der Waals surface area contributed by atoms with Gasteiger partial charge in [0.05, 0.1) is 17.8 Å². The van der Waals surface area contributed by atoms with Gasteiger partial charge in [0.1, 0.15) is 0 Å². The van der Waals surface area contributed by atoms with Crippen LogP contribution in [0.15, 0.2) is 42.5 Å². The van der Waals surface area contributed by atoms with Crippen molar-refractivity contribution in [3.63, 3.8) is 0 Å². The van der Waals surface area contributed by atoms with Gasteiger partial charge in [0.2, 0.25) is 0 Å². The molecule has 0 saturated heterocycles. The molecule has 5 nitrogen and oxygen atoms in total. The third-order valence-electron chi connectivity index (χ3n) is 3.22. The van der Waals surface area contributed by atoms with Crippen molar-refractivity contribution in [3.05, 3.63) is 63.4 Å². The summed E-state index contributed by atoms with van der Waals surface area (Å²) in [4.78, 5) is 16.1. The molecule has 3 rings (SSSR count). The molecular formula is C16H10Cl3N3O2. The fourth-order valence-electron chi connectivity index (χ4n) is 2.10. The molecule has 0 atom stereocenters. The van der Waals surface area contributed by atoms with Gasteiger partial charge in [-0.3, -0.25) is 0 Å². The number of benzene rings is 2. The molecule has 0 aliphatic rings. The Morgan fingerprint density at radius 1 is 1.04 bits per heavy atom. The van der Waals surface area contributed by atoms with E-state index in [9.17, 15) is 4.79 Å². The average Bonchev–Trinajstić information content (AvgIpc) is 3.00. The number of nitrogens with zero attached hydrogens (tertiary/aromatic N) is 3. The van der Waals surface area contributed by atoms with Crippen LogP contribution in [0.2, 0.25) is 15.1 Å². The molecule has 0 radical (unpaired) electrons. The summed E-state index contributed by atoms with van der Waals surface area (Å²) in [5.74, 6) is -0.293. The van der Waals surface area contributed by atoms with E-state index in [-0.39, 0.29) is 5.82 Å². The first-order valence-electron chi connectivity index (χ1n) is 6.76. The lowest BCUT2D eigenvalue weighted by Crippen LogP contribution is -2.05. The molecule has 0 spiro atoms. The molecule has 8 heteroatoms. The summed E-state index contributed by atoms with van der Waals surface area (Å²) in [5.41, 5.74) is 1.25. The van der Waals surface area contributed by atoms with Crippen molar-refractivity contribution in [2.45, 2.75) is 0 Å². The molecule has 1 aromatic heterocycles. The zero-order chi connectivity index (χ0) is 17.3. The van der Waals surface area contributed by atoms with Crippen LogP contribution in [-0.4, -0.2) is 27.8 Å². The fourth-order valence-corrected chi connectivity index (χ4v) is 2.71. The maximum atomic E-state index is 11.8. The van der Waals surface area contributed by atoms with Gasteiger partial charge in [-0.25, -0.2) is 14.5 Å². The Bertz CT molecular complexity index is 907. The Balaban J connectivity index is 2.21. The molecule has 0 N–H and O–H groups in total. The molecule has 0 aliphatic carbocycles. The second kappa shape index (κ2) is 6.81. The Kier molecular flexibility index (Phi) is 4.76. The number of aromatic nitrogens is 3. The highest BCUT2D eigenvalue weighted by molar-refractivity contribution is 6.35. The van der Waals surface area contributed by atoms with Crippen molar-refractivity contribution in [3.8, 4) is 17.1 Å². The van der Waals surface area contributed by atoms with Gasteiger partial charge in [0.25, 0.3) is 5.82 Å². The van der Waals surface area contributed by atoms with E-state index in [2.05, 4.69) is 10.1 Å². The molecule has 3 aromatic rings. The average molecular weight is 383 g/mol. The Labute approximate surface area is 152 Å². The first kappa shape index (κ1) is 16.8. The number of hydrogen-bond acceptors (Lipinski definition) is 4. The summed E-state index contributed by atoms with van der Waals surface area (Å²) in [6, 6.07) is 11.9. The quantitative estimate of drug-likeness (QED) is 0.617. The number of halogens is 3. The van der Waals surface area contributed by atoms with Crippen molar-refractivity contribution < 1.29 is 9.53 Å². The smallest absolute Gasteiger partial charge is 0.377 e. The van der Waals surface area contributed by atoms with E-state index in [4.69, 9.17) is 39.5 Å². The molecule has 0 fully saturated rings. The lowest BCUT2D eigenvalue weighted by molar-refractivity contribution is 0.0587. The number of carbonyl (C=O) groups excluding carboxylic acids is 1. The van der Waals surface area contributed by atoms with Crippen molar-refractivity contribution in [1.82, 2.24) is 14.8 Å². The third-order valence-corrected chi connectivity index (χ3v) is 4.01. The van der Waals surface area contributed by atoms with Crippen LogP contribution in [0.3, 0.4) is 0 Å². The Hall–Kier alpha value is -2.08. The number of carbonyl (C=O) groups is 1. The molecule has 0 bridgehead atoms. The van der Waals surface area contributed by atoms with Crippen molar-refractivity contribution in [2.75, 3.05) is 7.11 Å². The molecule has 24 heavy (non-hydrogen) atoms. The van der Waals surface area contributed by atoms with Gasteiger partial charge in [-0.05, 0) is 42.5 Å². The predicted molar refractivity (Wildman–Crippen MR) is 93.2 cm³/mol. The van der Waals surface area contributed by atoms with E-state index in [1.165, 1.54) is 11.8 Å². The Morgan fingerprint density at radius 3 is 2.33 bits per heavy atom. The SMILES string of the molecule is COC(=O)c1nc(-c2ccc(Cl)cc2)n(-c2ccc(Cl)cc2Cl)n1. The first-order chi connectivity index (χ1) is 11.5. The monoisotopic (exact) mass is 381 g/mol. The summed E-state index contributed by atoms with van der Waals surface area (Å²) < 4.78 is 6.16. The van der Waals surface area contributed by atoms with E-state index in [1.54, 1.807) is 42.5 Å². The maximum absolute atomic E-state index is 11.8. The van der Waals surface area contributed by atoms with Crippen LogP contribution in [0.1, 0.15) is 10.6 Å². The summed E-state index contributed by atoms with van der Waals surface area (Å²) in [6.45, 7) is 0. The number of rotatable bonds is 3. The molecule has 2 aromatic carbocycles. The minimum atomic E-state index is -0.644. The molecular weight excluding hydrogens is 373 g/mol. The first-order valence-corrected chi connectivity index (χ1v) is 7.89. The van der Waals surface area contributed by atoms with E-state index in [1.807, 2.05) is 0 Å². The molecule has 0 amide bonds. The zero-order valence-corrected chi connectivity index (χ0v) is 14.6. The van der Waals surface area contributed by atoms with Gasteiger partial charge in [-0.15, -0.1) is 5.10 Å². The van der Waals surface area contributed by atoms with Gasteiger partial charge >= 0.3 is 5.97 Å². The van der Waals surface area contributed by atoms with E-state index >= 15 is 0 Å². The molecule has 0 unspecified atom stereocenters. The zero-order valence-electron chi connectivity index (χ0n) is 12.3. The largest absolute Gasteiger partial charge is 0.463 e. The highest BCUT2D eigenvalue weighted by atomic mass is 35.5. The second-order valence-corrected chi connectivity index (χ2v) is 6.05. The van der Waals surface area contributed by atoms with Crippen molar-refractivity contribution >= 4 is 40.8 Å². The minimum Gasteiger partial charge on any atom is -0.463 e. The molecule has 122 valence electrons. The van der Waals surface area contributed by atoms with Crippen LogP contribution < -0.4 is 0 Å².